The minimum atomic E-state index is -0.260. The van der Waals surface area contributed by atoms with Crippen molar-refractivity contribution in [1.29, 1.82) is 5.26 Å². The Labute approximate surface area is 225 Å². The summed E-state index contributed by atoms with van der Waals surface area (Å²) in [5.74, 6) is 2.87. The van der Waals surface area contributed by atoms with Gasteiger partial charge in [0.2, 0.25) is 17.3 Å². The van der Waals surface area contributed by atoms with Crippen molar-refractivity contribution in [2.24, 2.45) is 5.41 Å². The third-order valence-electron chi connectivity index (χ3n) is 8.17. The number of nitrogens with one attached hydrogen (secondary N) is 1. The first-order valence-corrected chi connectivity index (χ1v) is 14.0. The monoisotopic (exact) mass is 527 g/mol. The van der Waals surface area contributed by atoms with Crippen LogP contribution in [0.1, 0.15) is 25.7 Å². The van der Waals surface area contributed by atoms with E-state index < -0.39 is 0 Å². The summed E-state index contributed by atoms with van der Waals surface area (Å²) in [5, 5.41) is 12.6. The molecular weight excluding hydrogens is 497 g/mol. The first-order valence-electron chi connectivity index (χ1n) is 13.2. The molecule has 0 unspecified atom stereocenters. The van der Waals surface area contributed by atoms with Crippen LogP contribution >= 0.6 is 11.3 Å². The van der Waals surface area contributed by atoms with Crippen LogP contribution in [0.5, 0.6) is 0 Å². The molecule has 1 spiro atoms. The Morgan fingerprint density at radius 1 is 1.26 bits per heavy atom. The van der Waals surface area contributed by atoms with Crippen LogP contribution in [-0.2, 0) is 4.79 Å². The van der Waals surface area contributed by atoms with Crippen LogP contribution in [0, 0.1) is 16.6 Å². The number of aromatic nitrogens is 3. The second kappa shape index (κ2) is 9.68. The highest BCUT2D eigenvalue weighted by molar-refractivity contribution is 7.24. The van der Waals surface area contributed by atoms with Gasteiger partial charge in [-0.1, -0.05) is 37.6 Å². The molecule has 2 aliphatic heterocycles. The SMILES string of the molecule is CN(C)CCC(=O)Nc1c(=O)c2cnc(N3CCC4(CCB(C#N)CC4)C3)nc2n2c1sc1ccccc12. The number of carbonyl (C=O) groups excluding carboxylic acids is 1. The molecule has 6 rings (SSSR count). The quantitative estimate of drug-likeness (QED) is 0.393. The normalized spacial score (nSPS) is 17.2. The smallest absolute Gasteiger partial charge is 0.267 e. The first-order chi connectivity index (χ1) is 18.4. The van der Waals surface area contributed by atoms with E-state index in [9.17, 15) is 14.9 Å². The molecule has 4 aromatic rings. The highest BCUT2D eigenvalue weighted by atomic mass is 32.1. The number of thiazole rings is 1. The Morgan fingerprint density at radius 2 is 2.05 bits per heavy atom. The number of hydrogen-bond acceptors (Lipinski definition) is 8. The lowest BCUT2D eigenvalue weighted by Crippen LogP contribution is -2.34. The number of hydrogen-bond donors (Lipinski definition) is 1. The van der Waals surface area contributed by atoms with Crippen LogP contribution in [0.15, 0.2) is 35.3 Å². The maximum atomic E-state index is 13.7. The maximum absolute atomic E-state index is 13.7. The van der Waals surface area contributed by atoms with Gasteiger partial charge in [0.05, 0.1) is 15.6 Å². The number of benzene rings is 1. The molecule has 9 nitrogen and oxygen atoms in total. The van der Waals surface area contributed by atoms with E-state index in [1.807, 2.05) is 47.7 Å². The van der Waals surface area contributed by atoms with Crippen LogP contribution in [0.3, 0.4) is 0 Å². The standard InChI is InChI=1S/C27H30BN7O2S/c1-33(2)13-7-21(36)31-22-23(37)18-15-30-26(34-14-10-27(16-34)8-11-28(17-29)12-9-27)32-24(18)35-19-5-3-4-6-20(19)38-25(22)35/h3-6,15H,7-14,16H2,1-2H3,(H,31,36). The third kappa shape index (κ3) is 4.31. The molecule has 3 aromatic heterocycles. The Bertz CT molecular complexity index is 1650. The number of anilines is 2. The summed E-state index contributed by atoms with van der Waals surface area (Å²) in [6.45, 7) is 2.51. The van der Waals surface area contributed by atoms with Gasteiger partial charge in [0.25, 0.3) is 6.71 Å². The van der Waals surface area contributed by atoms with Crippen molar-refractivity contribution in [2.75, 3.05) is 43.9 Å². The molecule has 0 radical (unpaired) electrons. The topological polar surface area (TPSA) is 107 Å². The van der Waals surface area contributed by atoms with E-state index in [0.29, 0.717) is 34.8 Å². The first kappa shape index (κ1) is 24.8. The molecule has 194 valence electrons. The minimum Gasteiger partial charge on any atom is -0.340 e. The van der Waals surface area contributed by atoms with Crippen LogP contribution in [0.25, 0.3) is 26.1 Å². The molecule has 11 heteroatoms. The molecule has 1 amide bonds. The molecule has 0 aliphatic carbocycles. The van der Waals surface area contributed by atoms with Crippen molar-refractivity contribution in [3.8, 4) is 5.97 Å². The van der Waals surface area contributed by atoms with Gasteiger partial charge in [-0.15, -0.1) is 11.3 Å². The second-order valence-electron chi connectivity index (χ2n) is 11.0. The summed E-state index contributed by atoms with van der Waals surface area (Å²) in [5.41, 5.74) is 1.75. The number of pyridine rings is 1. The Hall–Kier alpha value is -3.49. The molecule has 2 fully saturated rings. The number of carbonyl (C=O) groups is 1. The lowest BCUT2D eigenvalue weighted by molar-refractivity contribution is -0.116. The fourth-order valence-corrected chi connectivity index (χ4v) is 7.09. The van der Waals surface area contributed by atoms with Gasteiger partial charge in [-0.05, 0) is 38.1 Å². The van der Waals surface area contributed by atoms with E-state index in [0.717, 1.165) is 55.2 Å². The summed E-state index contributed by atoms with van der Waals surface area (Å²) in [6, 6.07) is 7.97. The van der Waals surface area contributed by atoms with Gasteiger partial charge in [-0.2, -0.15) is 4.98 Å². The molecule has 1 aromatic carbocycles. The number of rotatable bonds is 5. The molecule has 1 N–H and O–H groups in total. The fourth-order valence-electron chi connectivity index (χ4n) is 5.95. The lowest BCUT2D eigenvalue weighted by atomic mass is 9.39. The summed E-state index contributed by atoms with van der Waals surface area (Å²) in [4.78, 5) is 40.9. The van der Waals surface area contributed by atoms with Crippen LogP contribution in [0.2, 0.25) is 12.6 Å². The van der Waals surface area contributed by atoms with Crippen molar-refractivity contribution in [3.63, 3.8) is 0 Å². The summed E-state index contributed by atoms with van der Waals surface area (Å²) in [6.07, 6.45) is 7.03. The van der Waals surface area contributed by atoms with Gasteiger partial charge in [0.1, 0.15) is 10.5 Å². The van der Waals surface area contributed by atoms with Crippen molar-refractivity contribution in [3.05, 3.63) is 40.7 Å². The molecule has 2 aliphatic rings. The Kier molecular flexibility index (Phi) is 6.32. The van der Waals surface area contributed by atoms with Crippen LogP contribution in [0.4, 0.5) is 11.6 Å². The Morgan fingerprint density at radius 3 is 2.82 bits per heavy atom. The largest absolute Gasteiger partial charge is 0.340 e. The minimum absolute atomic E-state index is 0.177. The highest BCUT2D eigenvalue weighted by Crippen LogP contribution is 2.45. The van der Waals surface area contributed by atoms with Crippen molar-refractivity contribution < 1.29 is 4.79 Å². The average Bonchev–Trinajstić information content (AvgIpc) is 3.52. The van der Waals surface area contributed by atoms with Gasteiger partial charge in [-0.3, -0.25) is 14.0 Å². The van der Waals surface area contributed by atoms with E-state index in [1.165, 1.54) is 11.3 Å². The summed E-state index contributed by atoms with van der Waals surface area (Å²) >= 11 is 1.48. The van der Waals surface area contributed by atoms with E-state index in [1.54, 1.807) is 6.20 Å². The van der Waals surface area contributed by atoms with Gasteiger partial charge in [0.15, 0.2) is 5.65 Å². The number of amides is 1. The van der Waals surface area contributed by atoms with E-state index >= 15 is 0 Å². The van der Waals surface area contributed by atoms with Gasteiger partial charge >= 0.3 is 0 Å². The second-order valence-corrected chi connectivity index (χ2v) is 12.0. The van der Waals surface area contributed by atoms with Crippen molar-refractivity contribution in [1.82, 2.24) is 19.3 Å². The molecular formula is C27H30BN7O2S. The lowest BCUT2D eigenvalue weighted by Gasteiger charge is -2.34. The third-order valence-corrected chi connectivity index (χ3v) is 9.31. The van der Waals surface area contributed by atoms with Crippen molar-refractivity contribution in [2.45, 2.75) is 38.3 Å². The van der Waals surface area contributed by atoms with E-state index in [2.05, 4.69) is 21.2 Å². The number of fused-ring (bicyclic) bond motifs is 5. The van der Waals surface area contributed by atoms with Crippen LogP contribution in [-0.4, -0.2) is 65.6 Å². The maximum Gasteiger partial charge on any atom is 0.267 e. The summed E-state index contributed by atoms with van der Waals surface area (Å²) < 4.78 is 3.01. The van der Waals surface area contributed by atoms with Gasteiger partial charge < -0.3 is 15.1 Å². The molecule has 0 bridgehead atoms. The van der Waals surface area contributed by atoms with Gasteiger partial charge in [0, 0.05) is 38.2 Å². The fraction of sp³-hybridized carbons (Fsp3) is 0.444. The molecule has 38 heavy (non-hydrogen) atoms. The zero-order valence-electron chi connectivity index (χ0n) is 21.7. The predicted molar refractivity (Wildman–Crippen MR) is 153 cm³/mol. The zero-order valence-corrected chi connectivity index (χ0v) is 22.6. The molecule has 5 heterocycles. The summed E-state index contributed by atoms with van der Waals surface area (Å²) in [7, 11) is 3.83. The van der Waals surface area contributed by atoms with Gasteiger partial charge in [-0.25, -0.2) is 10.2 Å². The molecule has 2 saturated heterocycles. The molecule has 0 atom stereocenters. The van der Waals surface area contributed by atoms with E-state index in [-0.39, 0.29) is 29.2 Å². The number of para-hydroxylation sites is 1. The highest BCUT2D eigenvalue weighted by Gasteiger charge is 2.42. The molecule has 0 saturated carbocycles. The number of nitrogens with zero attached hydrogens (tertiary/aromatic N) is 6. The van der Waals surface area contributed by atoms with Crippen molar-refractivity contribution >= 4 is 61.7 Å². The average molecular weight is 527 g/mol. The predicted octanol–water partition coefficient (Wildman–Crippen LogP) is 3.90. The van der Waals surface area contributed by atoms with Crippen LogP contribution < -0.4 is 15.6 Å². The zero-order chi connectivity index (χ0) is 26.4. The van der Waals surface area contributed by atoms with E-state index in [4.69, 9.17) is 4.98 Å². The number of nitriles is 1. The Balaban J connectivity index is 1.42.